The lowest BCUT2D eigenvalue weighted by Crippen LogP contribution is -2.57. The number of β-amino-alcohol motifs (C(OH)–C–C–N with tert-alkyl or cyclic N) is 1. The number of nitrogens with zero attached hydrogens (tertiary/aromatic N) is 3. The van der Waals surface area contributed by atoms with Crippen LogP contribution in [0.15, 0.2) is 42.9 Å². The highest BCUT2D eigenvalue weighted by Crippen LogP contribution is 2.28. The molecular formula is C23H27ClN4O5. The number of amides is 2. The number of benzene rings is 1. The number of hydrogen-bond acceptors (Lipinski definition) is 7. The summed E-state index contributed by atoms with van der Waals surface area (Å²) in [6.45, 7) is 0.861. The van der Waals surface area contributed by atoms with Crippen LogP contribution in [0.2, 0.25) is 5.02 Å². The first-order valence-corrected chi connectivity index (χ1v) is 11.4. The van der Waals surface area contributed by atoms with E-state index in [2.05, 4.69) is 15.3 Å². The highest BCUT2D eigenvalue weighted by molar-refractivity contribution is 6.30. The van der Waals surface area contributed by atoms with Crippen molar-refractivity contribution in [2.75, 3.05) is 19.8 Å². The van der Waals surface area contributed by atoms with Crippen molar-refractivity contribution in [3.63, 3.8) is 0 Å². The summed E-state index contributed by atoms with van der Waals surface area (Å²) < 4.78 is 11.8. The number of aliphatic hydroxyl groups excluding tert-OH is 1. The molecule has 2 aromatic rings. The van der Waals surface area contributed by atoms with Crippen LogP contribution < -0.4 is 5.32 Å². The monoisotopic (exact) mass is 474 g/mol. The van der Waals surface area contributed by atoms with Gasteiger partial charge in [0.2, 0.25) is 5.91 Å². The average Bonchev–Trinajstić information content (AvgIpc) is 2.82. The van der Waals surface area contributed by atoms with E-state index >= 15 is 0 Å². The van der Waals surface area contributed by atoms with Crippen LogP contribution in [0, 0.1) is 0 Å². The van der Waals surface area contributed by atoms with E-state index in [4.69, 9.17) is 21.1 Å². The molecule has 2 aliphatic heterocycles. The Morgan fingerprint density at radius 2 is 2.00 bits per heavy atom. The lowest BCUT2D eigenvalue weighted by molar-refractivity contribution is -0.151. The molecule has 1 aromatic carbocycles. The minimum atomic E-state index is -0.803. The quantitative estimate of drug-likeness (QED) is 0.676. The minimum Gasteiger partial charge on any atom is -0.389 e. The second-order valence-electron chi connectivity index (χ2n) is 8.29. The molecule has 33 heavy (non-hydrogen) atoms. The highest BCUT2D eigenvalue weighted by atomic mass is 35.5. The van der Waals surface area contributed by atoms with E-state index in [1.54, 1.807) is 17.0 Å². The maximum Gasteiger partial charge on any atom is 0.274 e. The molecule has 0 aliphatic carbocycles. The van der Waals surface area contributed by atoms with Gasteiger partial charge in [0, 0.05) is 30.5 Å². The lowest BCUT2D eigenvalue weighted by Gasteiger charge is -2.44. The molecule has 2 saturated heterocycles. The van der Waals surface area contributed by atoms with Gasteiger partial charge in [-0.25, -0.2) is 4.98 Å². The Morgan fingerprint density at radius 3 is 2.76 bits per heavy atom. The fourth-order valence-corrected chi connectivity index (χ4v) is 4.34. The second kappa shape index (κ2) is 11.0. The van der Waals surface area contributed by atoms with Gasteiger partial charge in [-0.15, -0.1) is 0 Å². The number of aliphatic hydroxyl groups is 1. The maximum absolute atomic E-state index is 13.1. The van der Waals surface area contributed by atoms with E-state index in [1.807, 2.05) is 12.1 Å². The third-order valence-corrected chi connectivity index (χ3v) is 6.09. The van der Waals surface area contributed by atoms with Crippen molar-refractivity contribution in [1.29, 1.82) is 0 Å². The molecule has 0 unspecified atom stereocenters. The van der Waals surface area contributed by atoms with Gasteiger partial charge in [0.05, 0.1) is 44.1 Å². The molecule has 2 N–H and O–H groups in total. The van der Waals surface area contributed by atoms with Crippen molar-refractivity contribution in [2.24, 2.45) is 0 Å². The van der Waals surface area contributed by atoms with Crippen LogP contribution in [0.3, 0.4) is 0 Å². The third-order valence-electron chi connectivity index (χ3n) is 5.84. The van der Waals surface area contributed by atoms with Gasteiger partial charge in [-0.3, -0.25) is 14.6 Å². The SMILES string of the molecule is O=C(C[C@H]1CC[C@@H]2[C@H](COC[C@H](O)CN2C(=O)c2cnccn2)O1)NCc1ccc(Cl)cc1. The van der Waals surface area contributed by atoms with E-state index in [9.17, 15) is 14.7 Å². The van der Waals surface area contributed by atoms with Gasteiger partial charge in [0.25, 0.3) is 5.91 Å². The smallest absolute Gasteiger partial charge is 0.274 e. The number of hydrogen-bond donors (Lipinski definition) is 2. The van der Waals surface area contributed by atoms with Gasteiger partial charge in [0.15, 0.2) is 0 Å². The molecule has 10 heteroatoms. The van der Waals surface area contributed by atoms with Crippen LogP contribution >= 0.6 is 11.6 Å². The molecule has 2 fully saturated rings. The number of fused-ring (bicyclic) bond motifs is 1. The molecule has 1 aromatic heterocycles. The zero-order chi connectivity index (χ0) is 23.2. The van der Waals surface area contributed by atoms with Crippen molar-refractivity contribution >= 4 is 23.4 Å². The van der Waals surface area contributed by atoms with Crippen LogP contribution in [0.1, 0.15) is 35.3 Å². The van der Waals surface area contributed by atoms with Gasteiger partial charge >= 0.3 is 0 Å². The molecule has 2 amide bonds. The second-order valence-corrected chi connectivity index (χ2v) is 8.72. The zero-order valence-corrected chi connectivity index (χ0v) is 18.9. The first-order chi connectivity index (χ1) is 16.0. The summed E-state index contributed by atoms with van der Waals surface area (Å²) in [5.74, 6) is -0.412. The van der Waals surface area contributed by atoms with Crippen molar-refractivity contribution in [3.8, 4) is 0 Å². The van der Waals surface area contributed by atoms with Crippen LogP contribution in [0.5, 0.6) is 0 Å². The van der Waals surface area contributed by atoms with E-state index < -0.39 is 12.2 Å². The predicted molar refractivity (Wildman–Crippen MR) is 119 cm³/mol. The molecule has 3 heterocycles. The Balaban J connectivity index is 1.37. The topological polar surface area (TPSA) is 114 Å². The van der Waals surface area contributed by atoms with Crippen molar-refractivity contribution < 1.29 is 24.2 Å². The Bertz CT molecular complexity index is 946. The van der Waals surface area contributed by atoms with Crippen LogP contribution in [0.4, 0.5) is 0 Å². The largest absolute Gasteiger partial charge is 0.389 e. The fraction of sp³-hybridized carbons (Fsp3) is 0.478. The summed E-state index contributed by atoms with van der Waals surface area (Å²) in [5.41, 5.74) is 1.18. The molecule has 0 radical (unpaired) electrons. The molecule has 0 bridgehead atoms. The number of halogens is 1. The Morgan fingerprint density at radius 1 is 1.18 bits per heavy atom. The molecule has 0 saturated carbocycles. The van der Waals surface area contributed by atoms with Crippen molar-refractivity contribution in [1.82, 2.24) is 20.2 Å². The molecule has 0 spiro atoms. The third kappa shape index (κ3) is 6.26. The summed E-state index contributed by atoms with van der Waals surface area (Å²) in [6.07, 6.45) is 4.35. The summed E-state index contributed by atoms with van der Waals surface area (Å²) in [4.78, 5) is 35.3. The minimum absolute atomic E-state index is 0.100. The van der Waals surface area contributed by atoms with E-state index in [-0.39, 0.29) is 55.8 Å². The van der Waals surface area contributed by atoms with Crippen LogP contribution in [-0.2, 0) is 20.8 Å². The molecule has 2 aliphatic rings. The molecular weight excluding hydrogens is 448 g/mol. The molecule has 4 atom stereocenters. The van der Waals surface area contributed by atoms with Crippen molar-refractivity contribution in [2.45, 2.75) is 50.2 Å². The number of carbonyl (C=O) groups excluding carboxylic acids is 2. The summed E-state index contributed by atoms with van der Waals surface area (Å²) in [7, 11) is 0. The number of ether oxygens (including phenoxy) is 2. The Labute approximate surface area is 197 Å². The standard InChI is InChI=1S/C23H27ClN4O5/c24-16-3-1-15(2-4-16)10-27-22(30)9-18-5-6-20-21(33-18)14-32-13-17(29)12-28(20)23(31)19-11-25-7-8-26-19/h1-4,7-8,11,17-18,20-21,29H,5-6,9-10,12-14H2,(H,27,30)/t17-,18-,20-,21+/m1/s1. The summed E-state index contributed by atoms with van der Waals surface area (Å²) in [5, 5.41) is 13.8. The maximum atomic E-state index is 13.1. The average molecular weight is 475 g/mol. The molecule has 9 nitrogen and oxygen atoms in total. The van der Waals surface area contributed by atoms with E-state index in [0.717, 1.165) is 5.56 Å². The highest BCUT2D eigenvalue weighted by Gasteiger charge is 2.40. The lowest BCUT2D eigenvalue weighted by atomic mass is 9.94. The number of aromatic nitrogens is 2. The van der Waals surface area contributed by atoms with Gasteiger partial charge in [-0.1, -0.05) is 23.7 Å². The van der Waals surface area contributed by atoms with Crippen LogP contribution in [-0.4, -0.2) is 75.9 Å². The van der Waals surface area contributed by atoms with Gasteiger partial charge < -0.3 is 24.8 Å². The molecule has 176 valence electrons. The van der Waals surface area contributed by atoms with Gasteiger partial charge in [0.1, 0.15) is 11.8 Å². The van der Waals surface area contributed by atoms with Crippen molar-refractivity contribution in [3.05, 3.63) is 59.1 Å². The normalized spacial score (nSPS) is 25.5. The Hall–Kier alpha value is -2.59. The zero-order valence-electron chi connectivity index (χ0n) is 18.1. The first kappa shape index (κ1) is 23.6. The van der Waals surface area contributed by atoms with E-state index in [0.29, 0.717) is 24.4 Å². The summed E-state index contributed by atoms with van der Waals surface area (Å²) in [6, 6.07) is 7.02. The Kier molecular flexibility index (Phi) is 7.87. The first-order valence-electron chi connectivity index (χ1n) is 11.0. The van der Waals surface area contributed by atoms with Crippen LogP contribution in [0.25, 0.3) is 0 Å². The number of rotatable bonds is 5. The number of nitrogens with one attached hydrogen (secondary N) is 1. The fourth-order valence-electron chi connectivity index (χ4n) is 4.21. The summed E-state index contributed by atoms with van der Waals surface area (Å²) >= 11 is 5.89. The molecule has 4 rings (SSSR count). The predicted octanol–water partition coefficient (Wildman–Crippen LogP) is 1.59. The van der Waals surface area contributed by atoms with E-state index in [1.165, 1.54) is 18.6 Å². The van der Waals surface area contributed by atoms with Gasteiger partial charge in [-0.05, 0) is 30.5 Å². The number of carbonyl (C=O) groups is 2. The van der Waals surface area contributed by atoms with Gasteiger partial charge in [-0.2, -0.15) is 0 Å².